The first-order valence-corrected chi connectivity index (χ1v) is 7.84. The summed E-state index contributed by atoms with van der Waals surface area (Å²) in [5.41, 5.74) is 0.437. The van der Waals surface area contributed by atoms with Crippen LogP contribution in [0.1, 0.15) is 0 Å². The molecule has 104 valence electrons. The SMILES string of the molecule is O=[N+]([O-])c1ccc(S(=O)(=O)Nc2ccccc2I)cn1. The topological polar surface area (TPSA) is 102 Å². The number of halogens is 1. The molecule has 0 spiro atoms. The van der Waals surface area contributed by atoms with Crippen molar-refractivity contribution in [2.45, 2.75) is 4.90 Å². The second-order valence-corrected chi connectivity index (χ2v) is 6.54. The largest absolute Gasteiger partial charge is 0.363 e. The van der Waals surface area contributed by atoms with Crippen LogP contribution in [-0.4, -0.2) is 18.3 Å². The Balaban J connectivity index is 2.31. The molecular weight excluding hydrogens is 397 g/mol. The van der Waals surface area contributed by atoms with Crippen LogP contribution in [0.2, 0.25) is 0 Å². The van der Waals surface area contributed by atoms with Crippen LogP contribution in [0.5, 0.6) is 0 Å². The summed E-state index contributed by atoms with van der Waals surface area (Å²) in [6.07, 6.45) is 0.955. The minimum absolute atomic E-state index is 0.136. The molecule has 7 nitrogen and oxygen atoms in total. The van der Waals surface area contributed by atoms with Gasteiger partial charge in [-0.15, -0.1) is 0 Å². The van der Waals surface area contributed by atoms with Crippen molar-refractivity contribution in [1.82, 2.24) is 4.98 Å². The number of hydrogen-bond donors (Lipinski definition) is 1. The Kier molecular flexibility index (Phi) is 4.18. The van der Waals surface area contributed by atoms with Crippen LogP contribution in [0.25, 0.3) is 0 Å². The zero-order valence-corrected chi connectivity index (χ0v) is 12.8. The first kappa shape index (κ1) is 14.7. The van der Waals surface area contributed by atoms with Gasteiger partial charge in [0.05, 0.1) is 5.69 Å². The molecule has 0 fully saturated rings. The normalized spacial score (nSPS) is 11.1. The van der Waals surface area contributed by atoms with Crippen molar-refractivity contribution in [3.63, 3.8) is 0 Å². The van der Waals surface area contributed by atoms with Gasteiger partial charge < -0.3 is 10.1 Å². The molecule has 1 N–H and O–H groups in total. The average molecular weight is 405 g/mol. The predicted octanol–water partition coefficient (Wildman–Crippen LogP) is 2.40. The van der Waals surface area contributed by atoms with Crippen LogP contribution in [0.15, 0.2) is 47.5 Å². The zero-order valence-electron chi connectivity index (χ0n) is 9.86. The molecule has 2 rings (SSSR count). The summed E-state index contributed by atoms with van der Waals surface area (Å²) in [4.78, 5) is 13.1. The van der Waals surface area contributed by atoms with Crippen LogP contribution in [0.4, 0.5) is 11.5 Å². The molecule has 0 atom stereocenters. The fraction of sp³-hybridized carbons (Fsp3) is 0. The summed E-state index contributed by atoms with van der Waals surface area (Å²) in [7, 11) is -3.82. The monoisotopic (exact) mass is 405 g/mol. The molecule has 20 heavy (non-hydrogen) atoms. The quantitative estimate of drug-likeness (QED) is 0.478. The maximum atomic E-state index is 12.1. The maximum Gasteiger partial charge on any atom is 0.363 e. The molecular formula is C11H8IN3O4S. The molecule has 0 saturated carbocycles. The highest BCUT2D eigenvalue weighted by Gasteiger charge is 2.19. The van der Waals surface area contributed by atoms with Crippen LogP contribution in [-0.2, 0) is 10.0 Å². The van der Waals surface area contributed by atoms with Crippen molar-refractivity contribution in [3.05, 3.63) is 56.3 Å². The first-order chi connectivity index (χ1) is 9.40. The van der Waals surface area contributed by atoms with Gasteiger partial charge in [0.15, 0.2) is 6.20 Å². The lowest BCUT2D eigenvalue weighted by Crippen LogP contribution is -2.14. The molecule has 2 aromatic rings. The first-order valence-electron chi connectivity index (χ1n) is 5.28. The van der Waals surface area contributed by atoms with Gasteiger partial charge in [-0.05, 0) is 50.7 Å². The van der Waals surface area contributed by atoms with E-state index in [2.05, 4.69) is 9.71 Å². The Labute approximate surface area is 128 Å². The number of nitrogens with one attached hydrogen (secondary N) is 1. The summed E-state index contributed by atoms with van der Waals surface area (Å²) >= 11 is 2.00. The maximum absolute atomic E-state index is 12.1. The number of para-hydroxylation sites is 1. The number of pyridine rings is 1. The molecule has 0 radical (unpaired) electrons. The number of benzene rings is 1. The molecule has 0 saturated heterocycles. The van der Waals surface area contributed by atoms with Crippen LogP contribution in [0, 0.1) is 13.7 Å². The molecule has 9 heteroatoms. The van der Waals surface area contributed by atoms with E-state index in [4.69, 9.17) is 0 Å². The van der Waals surface area contributed by atoms with Crippen molar-refractivity contribution in [1.29, 1.82) is 0 Å². The van der Waals surface area contributed by atoms with Crippen LogP contribution in [0.3, 0.4) is 0 Å². The lowest BCUT2D eigenvalue weighted by molar-refractivity contribution is -0.389. The molecule has 1 aromatic heterocycles. The van der Waals surface area contributed by atoms with Gasteiger partial charge >= 0.3 is 5.82 Å². The second kappa shape index (κ2) is 5.71. The van der Waals surface area contributed by atoms with Crippen molar-refractivity contribution in [2.75, 3.05) is 4.72 Å². The molecule has 0 aliphatic carbocycles. The van der Waals surface area contributed by atoms with Gasteiger partial charge in [-0.2, -0.15) is 0 Å². The van der Waals surface area contributed by atoms with Gasteiger partial charge in [0.2, 0.25) is 0 Å². The van der Waals surface area contributed by atoms with E-state index < -0.39 is 20.8 Å². The second-order valence-electron chi connectivity index (χ2n) is 3.69. The summed E-state index contributed by atoms with van der Waals surface area (Å²) in [5, 5.41) is 10.5. The summed E-state index contributed by atoms with van der Waals surface area (Å²) < 4.78 is 27.4. The highest BCUT2D eigenvalue weighted by atomic mass is 127. The third-order valence-electron chi connectivity index (χ3n) is 2.34. The number of hydrogen-bond acceptors (Lipinski definition) is 5. The molecule has 0 amide bonds. The Hall–Kier alpha value is -1.75. The van der Waals surface area contributed by atoms with Crippen LogP contribution >= 0.6 is 22.6 Å². The zero-order chi connectivity index (χ0) is 14.8. The number of rotatable bonds is 4. The fourth-order valence-corrected chi connectivity index (χ4v) is 3.12. The predicted molar refractivity (Wildman–Crippen MR) is 80.9 cm³/mol. The summed E-state index contributed by atoms with van der Waals surface area (Å²) in [6.45, 7) is 0. The van der Waals surface area contributed by atoms with Gasteiger partial charge in [0.25, 0.3) is 10.0 Å². The molecule has 0 unspecified atom stereocenters. The Morgan fingerprint density at radius 2 is 1.90 bits per heavy atom. The molecule has 1 aromatic carbocycles. The Morgan fingerprint density at radius 3 is 2.45 bits per heavy atom. The third-order valence-corrected chi connectivity index (χ3v) is 4.63. The number of anilines is 1. The average Bonchev–Trinajstić information content (AvgIpc) is 2.41. The minimum atomic E-state index is -3.82. The number of nitro groups is 1. The van der Waals surface area contributed by atoms with E-state index >= 15 is 0 Å². The van der Waals surface area contributed by atoms with E-state index in [9.17, 15) is 18.5 Å². The molecule has 0 aliphatic rings. The van der Waals surface area contributed by atoms with E-state index in [1.54, 1.807) is 24.3 Å². The van der Waals surface area contributed by atoms with E-state index in [-0.39, 0.29) is 4.90 Å². The van der Waals surface area contributed by atoms with Gasteiger partial charge in [0, 0.05) is 9.64 Å². The summed E-state index contributed by atoms with van der Waals surface area (Å²) in [5.74, 6) is -0.404. The lowest BCUT2D eigenvalue weighted by atomic mass is 10.3. The Morgan fingerprint density at radius 1 is 1.20 bits per heavy atom. The lowest BCUT2D eigenvalue weighted by Gasteiger charge is -2.08. The highest BCUT2D eigenvalue weighted by Crippen LogP contribution is 2.21. The highest BCUT2D eigenvalue weighted by molar-refractivity contribution is 14.1. The van der Waals surface area contributed by atoms with E-state index in [0.29, 0.717) is 5.69 Å². The van der Waals surface area contributed by atoms with Crippen molar-refractivity contribution in [3.8, 4) is 0 Å². The summed E-state index contributed by atoms with van der Waals surface area (Å²) in [6, 6.07) is 9.06. The number of sulfonamides is 1. The third kappa shape index (κ3) is 3.22. The van der Waals surface area contributed by atoms with E-state index in [0.717, 1.165) is 21.9 Å². The van der Waals surface area contributed by atoms with Gasteiger partial charge in [-0.25, -0.2) is 8.42 Å². The molecule has 0 aliphatic heterocycles. The smallest absolute Gasteiger partial charge is 0.358 e. The van der Waals surface area contributed by atoms with E-state index in [1.165, 1.54) is 0 Å². The Bertz CT molecular complexity index is 747. The van der Waals surface area contributed by atoms with Gasteiger partial charge in [-0.3, -0.25) is 4.72 Å². The van der Waals surface area contributed by atoms with Gasteiger partial charge in [0.1, 0.15) is 4.90 Å². The fourth-order valence-electron chi connectivity index (χ4n) is 1.39. The van der Waals surface area contributed by atoms with Crippen molar-refractivity contribution in [2.24, 2.45) is 0 Å². The minimum Gasteiger partial charge on any atom is -0.358 e. The van der Waals surface area contributed by atoms with Crippen LogP contribution < -0.4 is 4.72 Å². The van der Waals surface area contributed by atoms with Crippen molar-refractivity contribution >= 4 is 44.1 Å². The standard InChI is InChI=1S/C11H8IN3O4S/c12-9-3-1-2-4-10(9)14-20(18,19)8-5-6-11(13-7-8)15(16)17/h1-7,14H. The van der Waals surface area contributed by atoms with Gasteiger partial charge in [-0.1, -0.05) is 12.1 Å². The van der Waals surface area contributed by atoms with Crippen molar-refractivity contribution < 1.29 is 13.3 Å². The molecule has 1 heterocycles. The van der Waals surface area contributed by atoms with E-state index in [1.807, 2.05) is 22.6 Å². The molecule has 0 bridgehead atoms. The number of aromatic nitrogens is 1. The number of nitrogens with zero attached hydrogens (tertiary/aromatic N) is 2.